The van der Waals surface area contributed by atoms with Crippen molar-refractivity contribution in [3.63, 3.8) is 0 Å². The van der Waals surface area contributed by atoms with E-state index < -0.39 is 0 Å². The highest BCUT2D eigenvalue weighted by atomic mass is 16.2. The molecule has 2 N–H and O–H groups in total. The van der Waals surface area contributed by atoms with Gasteiger partial charge in [0, 0.05) is 19.1 Å². The monoisotopic (exact) mass is 331 g/mol. The van der Waals surface area contributed by atoms with Gasteiger partial charge in [0.2, 0.25) is 5.91 Å². The van der Waals surface area contributed by atoms with Crippen molar-refractivity contribution in [1.82, 2.24) is 15.2 Å². The van der Waals surface area contributed by atoms with Crippen LogP contribution in [0.3, 0.4) is 0 Å². The quantitative estimate of drug-likeness (QED) is 0.879. The van der Waals surface area contributed by atoms with Gasteiger partial charge in [0.1, 0.15) is 5.82 Å². The lowest BCUT2D eigenvalue weighted by atomic mass is 10.0. The van der Waals surface area contributed by atoms with Gasteiger partial charge in [0.05, 0.1) is 17.9 Å². The minimum atomic E-state index is -0.0784. The van der Waals surface area contributed by atoms with Gasteiger partial charge in [-0.1, -0.05) is 6.42 Å². The van der Waals surface area contributed by atoms with E-state index in [9.17, 15) is 4.79 Å². The normalized spacial score (nSPS) is 22.6. The first kappa shape index (κ1) is 17.2. The Bertz CT molecular complexity index is 531. The van der Waals surface area contributed by atoms with E-state index in [0.29, 0.717) is 11.9 Å². The SMILES string of the molecule is CN(C)C1CCN(c2ccc(NC(=O)[C@H]3CCCCN3)nc2)CC1. The molecule has 1 aromatic heterocycles. The van der Waals surface area contributed by atoms with Gasteiger partial charge >= 0.3 is 0 Å². The van der Waals surface area contributed by atoms with Crippen molar-refractivity contribution in [3.8, 4) is 0 Å². The van der Waals surface area contributed by atoms with Crippen LogP contribution in [0.2, 0.25) is 0 Å². The van der Waals surface area contributed by atoms with Crippen molar-refractivity contribution >= 4 is 17.4 Å². The highest BCUT2D eigenvalue weighted by Gasteiger charge is 2.22. The summed E-state index contributed by atoms with van der Waals surface area (Å²) in [4.78, 5) is 21.3. The minimum Gasteiger partial charge on any atom is -0.370 e. The van der Waals surface area contributed by atoms with E-state index >= 15 is 0 Å². The van der Waals surface area contributed by atoms with Crippen LogP contribution in [0.1, 0.15) is 32.1 Å². The first-order valence-corrected chi connectivity index (χ1v) is 9.05. The van der Waals surface area contributed by atoms with E-state index in [1.807, 2.05) is 12.3 Å². The lowest BCUT2D eigenvalue weighted by Crippen LogP contribution is -2.43. The summed E-state index contributed by atoms with van der Waals surface area (Å²) >= 11 is 0. The summed E-state index contributed by atoms with van der Waals surface area (Å²) in [5, 5.41) is 6.19. The van der Waals surface area contributed by atoms with Gasteiger partial charge in [-0.05, 0) is 58.5 Å². The second kappa shape index (κ2) is 7.94. The molecule has 0 radical (unpaired) electrons. The third-order valence-corrected chi connectivity index (χ3v) is 5.19. The van der Waals surface area contributed by atoms with Crippen molar-refractivity contribution in [2.24, 2.45) is 0 Å². The number of rotatable bonds is 4. The maximum atomic E-state index is 12.2. The van der Waals surface area contributed by atoms with Gasteiger partial charge < -0.3 is 20.4 Å². The number of anilines is 2. The summed E-state index contributed by atoms with van der Waals surface area (Å²) < 4.78 is 0. The largest absolute Gasteiger partial charge is 0.370 e. The number of amides is 1. The summed E-state index contributed by atoms with van der Waals surface area (Å²) in [5.41, 5.74) is 1.14. The smallest absolute Gasteiger partial charge is 0.242 e. The third kappa shape index (κ3) is 4.24. The van der Waals surface area contributed by atoms with Crippen LogP contribution in [0.25, 0.3) is 0 Å². The molecule has 6 heteroatoms. The molecule has 1 aromatic rings. The zero-order valence-corrected chi connectivity index (χ0v) is 14.8. The molecule has 2 fully saturated rings. The molecule has 1 amide bonds. The van der Waals surface area contributed by atoms with Crippen LogP contribution in [0.5, 0.6) is 0 Å². The zero-order valence-electron chi connectivity index (χ0n) is 14.8. The average Bonchev–Trinajstić information content (AvgIpc) is 2.63. The molecule has 0 bridgehead atoms. The fourth-order valence-corrected chi connectivity index (χ4v) is 3.58. The highest BCUT2D eigenvalue weighted by molar-refractivity contribution is 5.94. The lowest BCUT2D eigenvalue weighted by molar-refractivity contribution is -0.118. The number of piperidine rings is 2. The molecule has 2 aliphatic heterocycles. The summed E-state index contributed by atoms with van der Waals surface area (Å²) in [5.74, 6) is 0.668. The topological polar surface area (TPSA) is 60.5 Å². The molecule has 132 valence electrons. The minimum absolute atomic E-state index is 0.0294. The standard InChI is InChI=1S/C18H29N5O/c1-22(2)14-8-11-23(12-9-14)15-6-7-17(20-13-15)21-18(24)16-5-3-4-10-19-16/h6-7,13-14,16,19H,3-5,8-12H2,1-2H3,(H,20,21,24)/t16-/m1/s1. The van der Waals surface area contributed by atoms with Crippen molar-refractivity contribution in [2.75, 3.05) is 43.9 Å². The Morgan fingerprint density at radius 3 is 2.62 bits per heavy atom. The van der Waals surface area contributed by atoms with Crippen LogP contribution >= 0.6 is 0 Å². The van der Waals surface area contributed by atoms with Crippen LogP contribution in [-0.4, -0.2) is 61.6 Å². The summed E-state index contributed by atoms with van der Waals surface area (Å²) in [6.45, 7) is 3.04. The number of carbonyl (C=O) groups excluding carboxylic acids is 1. The predicted octanol–water partition coefficient (Wildman–Crippen LogP) is 1.69. The second-order valence-electron chi connectivity index (χ2n) is 7.08. The zero-order chi connectivity index (χ0) is 16.9. The molecular formula is C18H29N5O. The lowest BCUT2D eigenvalue weighted by Gasteiger charge is -2.36. The van der Waals surface area contributed by atoms with Crippen LogP contribution in [0.15, 0.2) is 18.3 Å². The molecule has 24 heavy (non-hydrogen) atoms. The van der Waals surface area contributed by atoms with Gasteiger partial charge in [0.15, 0.2) is 0 Å². The molecule has 2 saturated heterocycles. The van der Waals surface area contributed by atoms with Gasteiger partial charge in [-0.15, -0.1) is 0 Å². The van der Waals surface area contributed by atoms with Crippen molar-refractivity contribution in [3.05, 3.63) is 18.3 Å². The average molecular weight is 331 g/mol. The third-order valence-electron chi connectivity index (χ3n) is 5.19. The van der Waals surface area contributed by atoms with Crippen molar-refractivity contribution in [2.45, 2.75) is 44.2 Å². The van der Waals surface area contributed by atoms with E-state index in [1.165, 1.54) is 12.8 Å². The molecule has 0 aliphatic carbocycles. The number of carbonyl (C=O) groups is 1. The summed E-state index contributed by atoms with van der Waals surface area (Å²) in [6, 6.07) is 4.57. The Kier molecular flexibility index (Phi) is 5.68. The highest BCUT2D eigenvalue weighted by Crippen LogP contribution is 2.22. The number of hydrogen-bond acceptors (Lipinski definition) is 5. The molecule has 0 saturated carbocycles. The Hall–Kier alpha value is -1.66. The molecule has 6 nitrogen and oxygen atoms in total. The molecule has 0 aromatic carbocycles. The van der Waals surface area contributed by atoms with E-state index in [1.54, 1.807) is 0 Å². The van der Waals surface area contributed by atoms with Crippen LogP contribution in [-0.2, 0) is 4.79 Å². The summed E-state index contributed by atoms with van der Waals surface area (Å²) in [7, 11) is 4.31. The van der Waals surface area contributed by atoms with Gasteiger partial charge in [-0.3, -0.25) is 4.79 Å². The number of aromatic nitrogens is 1. The number of hydrogen-bond donors (Lipinski definition) is 2. The molecule has 3 rings (SSSR count). The fraction of sp³-hybridized carbons (Fsp3) is 0.667. The Morgan fingerprint density at radius 1 is 1.25 bits per heavy atom. The molecular weight excluding hydrogens is 302 g/mol. The molecule has 0 unspecified atom stereocenters. The van der Waals surface area contributed by atoms with E-state index in [2.05, 4.69) is 45.6 Å². The molecule has 0 spiro atoms. The number of nitrogens with zero attached hydrogens (tertiary/aromatic N) is 3. The van der Waals surface area contributed by atoms with E-state index in [0.717, 1.165) is 44.6 Å². The molecule has 1 atom stereocenters. The Balaban J connectivity index is 1.53. The van der Waals surface area contributed by atoms with Crippen LogP contribution in [0.4, 0.5) is 11.5 Å². The Morgan fingerprint density at radius 2 is 2.04 bits per heavy atom. The van der Waals surface area contributed by atoms with E-state index in [-0.39, 0.29) is 11.9 Å². The van der Waals surface area contributed by atoms with Crippen molar-refractivity contribution < 1.29 is 4.79 Å². The second-order valence-corrected chi connectivity index (χ2v) is 7.08. The first-order valence-electron chi connectivity index (χ1n) is 9.05. The predicted molar refractivity (Wildman–Crippen MR) is 97.4 cm³/mol. The Labute approximate surface area is 144 Å². The van der Waals surface area contributed by atoms with Gasteiger partial charge in [0.25, 0.3) is 0 Å². The van der Waals surface area contributed by atoms with Gasteiger partial charge in [-0.25, -0.2) is 4.98 Å². The molecule has 2 aliphatic rings. The number of pyridine rings is 1. The van der Waals surface area contributed by atoms with E-state index in [4.69, 9.17) is 0 Å². The van der Waals surface area contributed by atoms with Gasteiger partial charge in [-0.2, -0.15) is 0 Å². The van der Waals surface area contributed by atoms with Crippen LogP contribution in [0, 0.1) is 0 Å². The number of nitrogens with one attached hydrogen (secondary N) is 2. The van der Waals surface area contributed by atoms with Crippen molar-refractivity contribution in [1.29, 1.82) is 0 Å². The first-order chi connectivity index (χ1) is 11.6. The maximum absolute atomic E-state index is 12.2. The summed E-state index contributed by atoms with van der Waals surface area (Å²) in [6.07, 6.45) is 7.41. The maximum Gasteiger partial charge on any atom is 0.242 e. The molecule has 3 heterocycles. The van der Waals surface area contributed by atoms with Crippen LogP contribution < -0.4 is 15.5 Å². The fourth-order valence-electron chi connectivity index (χ4n) is 3.58.